The van der Waals surface area contributed by atoms with Crippen molar-refractivity contribution in [3.8, 4) is 0 Å². The van der Waals surface area contributed by atoms with E-state index < -0.39 is 24.0 Å². The van der Waals surface area contributed by atoms with Gasteiger partial charge in [0.15, 0.2) is 0 Å². The zero-order valence-corrected chi connectivity index (χ0v) is 9.44. The summed E-state index contributed by atoms with van der Waals surface area (Å²) in [4.78, 5) is 22.4. The van der Waals surface area contributed by atoms with Crippen LogP contribution >= 0.6 is 11.5 Å². The second-order valence-electron chi connectivity index (χ2n) is 3.47. The summed E-state index contributed by atoms with van der Waals surface area (Å²) in [7, 11) is 0. The maximum atomic E-state index is 11.5. The van der Waals surface area contributed by atoms with Crippen LogP contribution in [0.5, 0.6) is 0 Å². The van der Waals surface area contributed by atoms with Gasteiger partial charge in [-0.25, -0.2) is 4.79 Å². The molecule has 2 rings (SSSR count). The second kappa shape index (κ2) is 5.06. The number of aliphatic carboxylic acids is 1. The van der Waals surface area contributed by atoms with Crippen LogP contribution in [-0.4, -0.2) is 45.9 Å². The van der Waals surface area contributed by atoms with Gasteiger partial charge in [-0.2, -0.15) is 0 Å². The third-order valence-electron chi connectivity index (χ3n) is 2.31. The lowest BCUT2D eigenvalue weighted by molar-refractivity contribution is -0.142. The summed E-state index contributed by atoms with van der Waals surface area (Å²) < 4.78 is 8.60. The Labute approximate surface area is 100 Å². The molecule has 0 bridgehead atoms. The Morgan fingerprint density at radius 1 is 1.53 bits per heavy atom. The van der Waals surface area contributed by atoms with Gasteiger partial charge in [-0.1, -0.05) is 4.49 Å². The van der Waals surface area contributed by atoms with Crippen LogP contribution < -0.4 is 10.6 Å². The fraction of sp³-hybridized carbons (Fsp3) is 0.500. The van der Waals surface area contributed by atoms with Crippen molar-refractivity contribution in [2.45, 2.75) is 6.04 Å². The van der Waals surface area contributed by atoms with Crippen molar-refractivity contribution in [2.24, 2.45) is 5.92 Å². The van der Waals surface area contributed by atoms with Gasteiger partial charge < -0.3 is 15.2 Å². The van der Waals surface area contributed by atoms with Gasteiger partial charge in [-0.15, -0.1) is 5.10 Å². The van der Waals surface area contributed by atoms with Crippen molar-refractivity contribution in [3.05, 3.63) is 6.20 Å². The smallest absolute Gasteiger partial charge is 0.320 e. The minimum Gasteiger partial charge on any atom is -0.481 e. The van der Waals surface area contributed by atoms with Crippen LogP contribution in [0.4, 0.5) is 9.80 Å². The monoisotopic (exact) mass is 258 g/mol. The van der Waals surface area contributed by atoms with Gasteiger partial charge in [0.2, 0.25) is 0 Å². The molecule has 2 unspecified atom stereocenters. The molecule has 1 saturated heterocycles. The van der Waals surface area contributed by atoms with E-state index in [4.69, 9.17) is 9.84 Å². The zero-order valence-electron chi connectivity index (χ0n) is 8.62. The number of aromatic nitrogens is 2. The van der Waals surface area contributed by atoms with Gasteiger partial charge >= 0.3 is 12.0 Å². The van der Waals surface area contributed by atoms with Crippen LogP contribution in [-0.2, 0) is 9.53 Å². The summed E-state index contributed by atoms with van der Waals surface area (Å²) in [5.74, 6) is -1.69. The highest BCUT2D eigenvalue weighted by Crippen LogP contribution is 2.14. The quantitative estimate of drug-likeness (QED) is 0.689. The lowest BCUT2D eigenvalue weighted by Gasteiger charge is -2.15. The van der Waals surface area contributed by atoms with Gasteiger partial charge in [0.25, 0.3) is 0 Å². The van der Waals surface area contributed by atoms with E-state index in [1.807, 2.05) is 0 Å². The lowest BCUT2D eigenvalue weighted by Crippen LogP contribution is -2.44. The molecule has 9 heteroatoms. The van der Waals surface area contributed by atoms with Crippen LogP contribution in [0, 0.1) is 5.92 Å². The predicted octanol–water partition coefficient (Wildman–Crippen LogP) is -0.241. The Hall–Kier alpha value is -1.74. The molecular weight excluding hydrogens is 248 g/mol. The molecule has 1 aromatic heterocycles. The average Bonchev–Trinajstić information content (AvgIpc) is 2.88. The van der Waals surface area contributed by atoms with Crippen LogP contribution in [0.25, 0.3) is 0 Å². The SMILES string of the molecule is O=C(Nc1cnns1)NC1COCC1C(=O)O. The van der Waals surface area contributed by atoms with Crippen molar-refractivity contribution in [2.75, 3.05) is 18.5 Å². The Bertz CT molecular complexity index is 410. The lowest BCUT2D eigenvalue weighted by atomic mass is 10.0. The third kappa shape index (κ3) is 2.88. The van der Waals surface area contributed by atoms with Gasteiger partial charge in [0, 0.05) is 11.5 Å². The predicted molar refractivity (Wildman–Crippen MR) is 57.8 cm³/mol. The summed E-state index contributed by atoms with van der Waals surface area (Å²) in [5.41, 5.74) is 0. The highest BCUT2D eigenvalue weighted by molar-refractivity contribution is 7.10. The molecule has 8 nitrogen and oxygen atoms in total. The minimum atomic E-state index is -0.979. The van der Waals surface area contributed by atoms with Crippen molar-refractivity contribution in [1.29, 1.82) is 0 Å². The van der Waals surface area contributed by atoms with Crippen molar-refractivity contribution < 1.29 is 19.4 Å². The molecule has 2 heterocycles. The number of anilines is 1. The molecule has 17 heavy (non-hydrogen) atoms. The molecule has 1 aliphatic heterocycles. The van der Waals surface area contributed by atoms with Crippen molar-refractivity contribution >= 4 is 28.5 Å². The third-order valence-corrected chi connectivity index (χ3v) is 2.89. The topological polar surface area (TPSA) is 113 Å². The molecule has 0 aliphatic carbocycles. The van der Waals surface area contributed by atoms with Crippen LogP contribution in [0.2, 0.25) is 0 Å². The first-order valence-corrected chi connectivity index (χ1v) is 5.59. The normalized spacial score (nSPS) is 23.3. The first kappa shape index (κ1) is 11.7. The van der Waals surface area contributed by atoms with E-state index in [0.717, 1.165) is 11.5 Å². The molecule has 1 fully saturated rings. The first-order valence-electron chi connectivity index (χ1n) is 4.82. The number of nitrogens with one attached hydrogen (secondary N) is 2. The van der Waals surface area contributed by atoms with Gasteiger partial charge in [-0.3, -0.25) is 10.1 Å². The van der Waals surface area contributed by atoms with E-state index in [9.17, 15) is 9.59 Å². The highest BCUT2D eigenvalue weighted by atomic mass is 32.1. The van der Waals surface area contributed by atoms with Crippen molar-refractivity contribution in [3.63, 3.8) is 0 Å². The number of hydrogen-bond donors (Lipinski definition) is 3. The molecule has 0 aromatic carbocycles. The number of carboxylic acids is 1. The van der Waals surface area contributed by atoms with E-state index >= 15 is 0 Å². The molecule has 1 aromatic rings. The summed E-state index contributed by atoms with van der Waals surface area (Å²) in [5, 5.41) is 18.0. The van der Waals surface area contributed by atoms with Crippen molar-refractivity contribution in [1.82, 2.24) is 14.9 Å². The number of urea groups is 1. The molecule has 0 spiro atoms. The summed E-state index contributed by atoms with van der Waals surface area (Å²) in [6.07, 6.45) is 1.41. The van der Waals surface area contributed by atoms with E-state index in [2.05, 4.69) is 20.2 Å². The van der Waals surface area contributed by atoms with Crippen LogP contribution in [0.3, 0.4) is 0 Å². The molecule has 92 valence electrons. The molecular formula is C8H10N4O4S. The summed E-state index contributed by atoms with van der Waals surface area (Å²) >= 11 is 1.04. The Balaban J connectivity index is 1.88. The fourth-order valence-corrected chi connectivity index (χ4v) is 1.89. The Morgan fingerprint density at radius 3 is 3.00 bits per heavy atom. The molecule has 0 radical (unpaired) electrons. The fourth-order valence-electron chi connectivity index (χ4n) is 1.48. The highest BCUT2D eigenvalue weighted by Gasteiger charge is 2.35. The number of nitrogens with zero attached hydrogens (tertiary/aromatic N) is 2. The Kier molecular flexibility index (Phi) is 3.49. The maximum Gasteiger partial charge on any atom is 0.320 e. The summed E-state index contributed by atoms with van der Waals surface area (Å²) in [6.45, 7) is 0.313. The second-order valence-corrected chi connectivity index (χ2v) is 4.25. The molecule has 0 saturated carbocycles. The number of hydrogen-bond acceptors (Lipinski definition) is 6. The number of carbonyl (C=O) groups excluding carboxylic acids is 1. The minimum absolute atomic E-state index is 0.113. The van der Waals surface area contributed by atoms with Gasteiger partial charge in [0.05, 0.1) is 25.5 Å². The maximum absolute atomic E-state index is 11.5. The first-order chi connectivity index (χ1) is 8.16. The Morgan fingerprint density at radius 2 is 2.35 bits per heavy atom. The number of ether oxygens (including phenoxy) is 1. The van der Waals surface area contributed by atoms with Crippen LogP contribution in [0.15, 0.2) is 6.20 Å². The number of carbonyl (C=O) groups is 2. The van der Waals surface area contributed by atoms with E-state index in [1.54, 1.807) is 0 Å². The average molecular weight is 258 g/mol. The number of amides is 2. The number of carboxylic acid groups (broad SMARTS) is 1. The largest absolute Gasteiger partial charge is 0.481 e. The molecule has 2 amide bonds. The zero-order chi connectivity index (χ0) is 12.3. The van der Waals surface area contributed by atoms with Gasteiger partial charge in [-0.05, 0) is 0 Å². The summed E-state index contributed by atoms with van der Waals surface area (Å²) in [6, 6.07) is -1.01. The standard InChI is InChI=1S/C8H10N4O4S/c13-7(14)4-2-16-3-5(4)10-8(15)11-6-1-9-12-17-6/h1,4-5H,2-3H2,(H,13,14)(H2,10,11,15). The molecule has 3 N–H and O–H groups in total. The van der Waals surface area contributed by atoms with Gasteiger partial charge in [0.1, 0.15) is 10.9 Å². The molecule has 2 atom stereocenters. The van der Waals surface area contributed by atoms with Crippen LogP contribution in [0.1, 0.15) is 0 Å². The van der Waals surface area contributed by atoms with E-state index in [-0.39, 0.29) is 13.2 Å². The molecule has 1 aliphatic rings. The number of rotatable bonds is 3. The van der Waals surface area contributed by atoms with E-state index in [0.29, 0.717) is 5.00 Å². The van der Waals surface area contributed by atoms with E-state index in [1.165, 1.54) is 6.20 Å².